The van der Waals surface area contributed by atoms with Crippen LogP contribution in [0.3, 0.4) is 0 Å². The lowest BCUT2D eigenvalue weighted by atomic mass is 10.2. The minimum atomic E-state index is -1.09. The number of carboxylic acids is 1. The summed E-state index contributed by atoms with van der Waals surface area (Å²) >= 11 is 5.68. The summed E-state index contributed by atoms with van der Waals surface area (Å²) in [5.41, 5.74) is 0.545. The smallest absolute Gasteiger partial charge is 0.341 e. The van der Waals surface area contributed by atoms with Crippen molar-refractivity contribution < 1.29 is 19.4 Å². The van der Waals surface area contributed by atoms with Gasteiger partial charge in [-0.3, -0.25) is 0 Å². The lowest BCUT2D eigenvalue weighted by Crippen LogP contribution is -2.03. The molecule has 0 atom stereocenters. The Bertz CT molecular complexity index is 456. The van der Waals surface area contributed by atoms with E-state index < -0.39 is 11.9 Å². The van der Waals surface area contributed by atoms with Crippen LogP contribution in [0.4, 0.5) is 0 Å². The summed E-state index contributed by atoms with van der Waals surface area (Å²) in [5.74, 6) is -1.71. The fourth-order valence-corrected chi connectivity index (χ4v) is 1.16. The van der Waals surface area contributed by atoms with Gasteiger partial charge in [0.05, 0.1) is 12.7 Å². The number of carbonyl (C=O) groups excluding carboxylic acids is 1. The summed E-state index contributed by atoms with van der Waals surface area (Å²) in [5, 5.41) is 8.44. The minimum Gasteiger partial charge on any atom is -0.478 e. The molecule has 84 valence electrons. The third-order valence-corrected chi connectivity index (χ3v) is 1.99. The summed E-state index contributed by atoms with van der Waals surface area (Å²) in [4.78, 5) is 25.3. The van der Waals surface area contributed by atoms with Crippen LogP contribution in [-0.4, -0.2) is 29.1 Å². The Labute approximate surface area is 96.3 Å². The van der Waals surface area contributed by atoms with Crippen molar-refractivity contribution in [1.82, 2.24) is 4.98 Å². The second kappa shape index (κ2) is 5.27. The molecule has 0 aliphatic rings. The van der Waals surface area contributed by atoms with Crippen LogP contribution in [0.2, 0.25) is 5.15 Å². The van der Waals surface area contributed by atoms with E-state index in [0.717, 1.165) is 6.08 Å². The predicted molar refractivity (Wildman–Crippen MR) is 57.3 cm³/mol. The fourth-order valence-electron chi connectivity index (χ4n) is 0.976. The van der Waals surface area contributed by atoms with Crippen molar-refractivity contribution in [3.05, 3.63) is 34.6 Å². The molecule has 1 heterocycles. The highest BCUT2D eigenvalue weighted by molar-refractivity contribution is 6.32. The predicted octanol–water partition coefficient (Wildman–Crippen LogP) is 1.62. The first kappa shape index (κ1) is 12.2. The Morgan fingerprint density at radius 1 is 1.56 bits per heavy atom. The van der Waals surface area contributed by atoms with Crippen molar-refractivity contribution in [1.29, 1.82) is 0 Å². The van der Waals surface area contributed by atoms with Gasteiger partial charge in [-0.05, 0) is 17.7 Å². The van der Waals surface area contributed by atoms with Crippen LogP contribution >= 0.6 is 11.6 Å². The van der Waals surface area contributed by atoms with Crippen molar-refractivity contribution in [3.63, 3.8) is 0 Å². The van der Waals surface area contributed by atoms with Crippen LogP contribution in [0.15, 0.2) is 18.3 Å². The number of carbonyl (C=O) groups is 2. The molecule has 1 rings (SSSR count). The summed E-state index contributed by atoms with van der Waals surface area (Å²) in [6, 6.07) is 1.40. The van der Waals surface area contributed by atoms with Gasteiger partial charge in [-0.2, -0.15) is 0 Å². The van der Waals surface area contributed by atoms with Gasteiger partial charge in [0.2, 0.25) is 0 Å². The maximum Gasteiger partial charge on any atom is 0.341 e. The normalized spacial score (nSPS) is 10.4. The molecule has 0 radical (unpaired) electrons. The molecule has 0 bridgehead atoms. The van der Waals surface area contributed by atoms with Gasteiger partial charge in [0.25, 0.3) is 0 Å². The topological polar surface area (TPSA) is 76.5 Å². The highest BCUT2D eigenvalue weighted by Gasteiger charge is 2.11. The van der Waals surface area contributed by atoms with Gasteiger partial charge in [-0.25, -0.2) is 14.6 Å². The molecule has 0 saturated carbocycles. The van der Waals surface area contributed by atoms with Crippen molar-refractivity contribution in [2.24, 2.45) is 0 Å². The van der Waals surface area contributed by atoms with Gasteiger partial charge in [-0.1, -0.05) is 11.6 Å². The molecule has 1 N–H and O–H groups in total. The van der Waals surface area contributed by atoms with E-state index >= 15 is 0 Å². The highest BCUT2D eigenvalue weighted by atomic mass is 35.5. The Kier molecular flexibility index (Phi) is 4.02. The van der Waals surface area contributed by atoms with Crippen LogP contribution < -0.4 is 0 Å². The van der Waals surface area contributed by atoms with Gasteiger partial charge >= 0.3 is 11.9 Å². The molecule has 0 fully saturated rings. The molecule has 16 heavy (non-hydrogen) atoms. The van der Waals surface area contributed by atoms with Crippen molar-refractivity contribution in [2.75, 3.05) is 7.11 Å². The van der Waals surface area contributed by atoms with Gasteiger partial charge in [0.15, 0.2) is 0 Å². The quantitative estimate of drug-likeness (QED) is 0.494. The molecule has 1 aromatic heterocycles. The zero-order valence-electron chi connectivity index (χ0n) is 8.31. The number of halogens is 1. The van der Waals surface area contributed by atoms with Crippen molar-refractivity contribution in [2.45, 2.75) is 0 Å². The van der Waals surface area contributed by atoms with Crippen molar-refractivity contribution >= 4 is 29.6 Å². The molecule has 0 aliphatic heterocycles. The number of ether oxygens (including phenoxy) is 1. The SMILES string of the molecule is COC(=O)c1cc(C=CC(=O)O)cnc1Cl. The molecule has 5 nitrogen and oxygen atoms in total. The average Bonchev–Trinajstić information content (AvgIpc) is 2.27. The third-order valence-electron chi connectivity index (χ3n) is 1.68. The molecular weight excluding hydrogens is 234 g/mol. The van der Waals surface area contributed by atoms with Gasteiger partial charge in [-0.15, -0.1) is 0 Å². The molecule has 0 unspecified atom stereocenters. The van der Waals surface area contributed by atoms with Gasteiger partial charge in [0, 0.05) is 12.3 Å². The largest absolute Gasteiger partial charge is 0.478 e. The number of pyridine rings is 1. The summed E-state index contributed by atoms with van der Waals surface area (Å²) in [7, 11) is 1.22. The van der Waals surface area contributed by atoms with E-state index in [2.05, 4.69) is 9.72 Å². The number of aliphatic carboxylic acids is 1. The van der Waals surface area contributed by atoms with E-state index in [9.17, 15) is 9.59 Å². The maximum absolute atomic E-state index is 11.2. The molecule has 1 aromatic rings. The standard InChI is InChI=1S/C10H8ClNO4/c1-16-10(15)7-4-6(2-3-8(13)14)5-12-9(7)11/h2-5H,1H3,(H,13,14). The number of hydrogen-bond acceptors (Lipinski definition) is 4. The van der Waals surface area contributed by atoms with E-state index in [-0.39, 0.29) is 10.7 Å². The number of aromatic nitrogens is 1. The zero-order valence-corrected chi connectivity index (χ0v) is 9.06. The Hall–Kier alpha value is -1.88. The van der Waals surface area contributed by atoms with Crippen LogP contribution in [0.25, 0.3) is 6.08 Å². The molecule has 0 aliphatic carbocycles. The number of hydrogen-bond donors (Lipinski definition) is 1. The highest BCUT2D eigenvalue weighted by Crippen LogP contribution is 2.16. The Balaban J connectivity index is 3.07. The monoisotopic (exact) mass is 241 g/mol. The van der Waals surface area contributed by atoms with E-state index in [1.807, 2.05) is 0 Å². The number of nitrogens with zero attached hydrogens (tertiary/aromatic N) is 1. The van der Waals surface area contributed by atoms with Crippen LogP contribution in [0.5, 0.6) is 0 Å². The maximum atomic E-state index is 11.2. The second-order valence-electron chi connectivity index (χ2n) is 2.77. The fraction of sp³-hybridized carbons (Fsp3) is 0.100. The number of methoxy groups -OCH3 is 1. The summed E-state index contributed by atoms with van der Waals surface area (Å²) in [6.45, 7) is 0. The first-order valence-corrected chi connectivity index (χ1v) is 4.57. The molecule has 0 spiro atoms. The van der Waals surface area contributed by atoms with Crippen LogP contribution in [0.1, 0.15) is 15.9 Å². The lowest BCUT2D eigenvalue weighted by molar-refractivity contribution is -0.131. The van der Waals surface area contributed by atoms with Gasteiger partial charge in [0.1, 0.15) is 5.15 Å². The Morgan fingerprint density at radius 3 is 2.81 bits per heavy atom. The molecule has 0 amide bonds. The number of carboxylic acid groups (broad SMARTS) is 1. The summed E-state index contributed by atoms with van der Waals surface area (Å²) < 4.78 is 4.49. The van der Waals surface area contributed by atoms with E-state index in [1.165, 1.54) is 25.4 Å². The van der Waals surface area contributed by atoms with E-state index in [0.29, 0.717) is 5.56 Å². The minimum absolute atomic E-state index is 0.0133. The molecule has 6 heteroatoms. The van der Waals surface area contributed by atoms with E-state index in [1.54, 1.807) is 0 Å². The van der Waals surface area contributed by atoms with Gasteiger partial charge < -0.3 is 9.84 Å². The average molecular weight is 242 g/mol. The Morgan fingerprint density at radius 2 is 2.25 bits per heavy atom. The van der Waals surface area contributed by atoms with Crippen molar-refractivity contribution in [3.8, 4) is 0 Å². The van der Waals surface area contributed by atoms with Crippen LogP contribution in [-0.2, 0) is 9.53 Å². The number of esters is 1. The first-order valence-electron chi connectivity index (χ1n) is 4.19. The molecule has 0 saturated heterocycles. The third kappa shape index (κ3) is 3.06. The van der Waals surface area contributed by atoms with E-state index in [4.69, 9.17) is 16.7 Å². The molecule has 0 aromatic carbocycles. The lowest BCUT2D eigenvalue weighted by Gasteiger charge is -2.02. The second-order valence-corrected chi connectivity index (χ2v) is 3.13. The summed E-state index contributed by atoms with van der Waals surface area (Å²) in [6.07, 6.45) is 3.60. The van der Waals surface area contributed by atoms with Crippen LogP contribution in [0, 0.1) is 0 Å². The first-order chi connectivity index (χ1) is 7.54. The molecular formula is C10H8ClNO4. The number of rotatable bonds is 3. The zero-order chi connectivity index (χ0) is 12.1.